The fraction of sp³-hybridized carbons (Fsp3) is 0.125. The van der Waals surface area contributed by atoms with E-state index in [0.717, 1.165) is 32.6 Å². The van der Waals surface area contributed by atoms with Crippen molar-refractivity contribution in [1.82, 2.24) is 0 Å². The van der Waals surface area contributed by atoms with Crippen LogP contribution in [0.3, 0.4) is 0 Å². The smallest absolute Gasteiger partial charge is 0.258 e. The molecule has 1 amide bonds. The molecule has 0 fully saturated rings. The lowest BCUT2D eigenvalue weighted by Gasteiger charge is -2.13. The van der Waals surface area contributed by atoms with Gasteiger partial charge in [-0.3, -0.25) is 4.79 Å². The maximum absolute atomic E-state index is 13.0. The number of carbonyl (C=O) groups excluding carboxylic acids is 1. The lowest BCUT2D eigenvalue weighted by Crippen LogP contribution is -2.25. The zero-order valence-electron chi connectivity index (χ0n) is 15.6. The zero-order valence-corrected chi connectivity index (χ0v) is 17.1. The Labute approximate surface area is 173 Å². The second-order valence-electron chi connectivity index (χ2n) is 6.58. The highest BCUT2D eigenvalue weighted by molar-refractivity contribution is 9.10. The van der Waals surface area contributed by atoms with E-state index in [1.165, 1.54) is 0 Å². The zero-order chi connectivity index (χ0) is 19.5. The molecule has 3 aromatic rings. The lowest BCUT2D eigenvalue weighted by molar-refractivity contribution is -0.112. The monoisotopic (exact) mass is 433 g/mol. The number of amides is 1. The Morgan fingerprint density at radius 1 is 1.00 bits per heavy atom. The molecule has 1 aliphatic heterocycles. The van der Waals surface area contributed by atoms with Crippen LogP contribution >= 0.6 is 15.9 Å². The van der Waals surface area contributed by atoms with Crippen LogP contribution in [0.1, 0.15) is 23.6 Å². The van der Waals surface area contributed by atoms with Crippen molar-refractivity contribution >= 4 is 39.2 Å². The molecule has 0 atom stereocenters. The molecule has 0 radical (unpaired) electrons. The highest BCUT2D eigenvalue weighted by Gasteiger charge is 2.30. The minimum absolute atomic E-state index is 0.0256. The van der Waals surface area contributed by atoms with Crippen LogP contribution in [-0.2, 0) is 11.4 Å². The number of nitrogens with zero attached hydrogens (tertiary/aromatic N) is 1. The van der Waals surface area contributed by atoms with E-state index < -0.39 is 0 Å². The number of benzene rings is 3. The molecule has 4 rings (SSSR count). The summed E-state index contributed by atoms with van der Waals surface area (Å²) in [6, 6.07) is 23.8. The van der Waals surface area contributed by atoms with Crippen LogP contribution in [0.2, 0.25) is 0 Å². The van der Waals surface area contributed by atoms with Gasteiger partial charge in [-0.15, -0.1) is 0 Å². The van der Waals surface area contributed by atoms with Gasteiger partial charge in [-0.25, -0.2) is 0 Å². The molecule has 0 unspecified atom stereocenters. The molecule has 4 heteroatoms. The molecule has 140 valence electrons. The highest BCUT2D eigenvalue weighted by atomic mass is 79.9. The number of ether oxygens (including phenoxy) is 1. The molecule has 1 aliphatic rings. The second kappa shape index (κ2) is 8.03. The predicted octanol–water partition coefficient (Wildman–Crippen LogP) is 5.94. The van der Waals surface area contributed by atoms with Crippen LogP contribution in [-0.4, -0.2) is 12.5 Å². The number of anilines is 1. The largest absolute Gasteiger partial charge is 0.488 e. The Kier molecular flexibility index (Phi) is 5.31. The first-order chi connectivity index (χ1) is 13.7. The highest BCUT2D eigenvalue weighted by Crippen LogP contribution is 2.38. The third-order valence-corrected chi connectivity index (χ3v) is 5.28. The minimum atomic E-state index is 0.0256. The summed E-state index contributed by atoms with van der Waals surface area (Å²) < 4.78 is 7.02. The second-order valence-corrected chi connectivity index (χ2v) is 7.50. The Balaban J connectivity index is 1.71. The summed E-state index contributed by atoms with van der Waals surface area (Å²) >= 11 is 3.53. The van der Waals surface area contributed by atoms with Gasteiger partial charge in [0.05, 0.1) is 5.69 Å². The number of carbonyl (C=O) groups is 1. The average molecular weight is 434 g/mol. The number of hydrogen-bond donors (Lipinski definition) is 0. The average Bonchev–Trinajstić information content (AvgIpc) is 2.99. The first-order valence-electron chi connectivity index (χ1n) is 9.26. The fourth-order valence-electron chi connectivity index (χ4n) is 3.41. The van der Waals surface area contributed by atoms with Crippen LogP contribution < -0.4 is 9.64 Å². The summed E-state index contributed by atoms with van der Waals surface area (Å²) in [5.74, 6) is 0.775. The van der Waals surface area contributed by atoms with E-state index in [1.54, 1.807) is 0 Å². The van der Waals surface area contributed by atoms with Crippen molar-refractivity contribution in [3.8, 4) is 5.75 Å². The Hall–Kier alpha value is -2.85. The maximum atomic E-state index is 13.0. The summed E-state index contributed by atoms with van der Waals surface area (Å²) in [7, 11) is 0. The first-order valence-corrected chi connectivity index (χ1v) is 10.1. The van der Waals surface area contributed by atoms with Crippen LogP contribution in [0.25, 0.3) is 11.6 Å². The molecular weight excluding hydrogens is 414 g/mol. The fourth-order valence-corrected chi connectivity index (χ4v) is 3.79. The van der Waals surface area contributed by atoms with Gasteiger partial charge in [-0.2, -0.15) is 0 Å². The molecule has 3 aromatic carbocycles. The molecule has 0 bridgehead atoms. The number of likely N-dealkylation sites (N-methyl/N-ethyl adjacent to an activating group) is 1. The Morgan fingerprint density at radius 3 is 2.54 bits per heavy atom. The van der Waals surface area contributed by atoms with E-state index in [1.807, 2.05) is 90.7 Å². The van der Waals surface area contributed by atoms with Gasteiger partial charge in [-0.1, -0.05) is 64.5 Å². The van der Waals surface area contributed by atoms with Crippen LogP contribution in [0.4, 0.5) is 5.69 Å². The van der Waals surface area contributed by atoms with Crippen molar-refractivity contribution in [2.75, 3.05) is 11.4 Å². The standard InChI is InChI=1S/C24H20BrNO2/c1-2-26-22-11-7-6-10-20(22)21(24(26)27)15-18-14-19(25)12-13-23(18)28-16-17-8-4-3-5-9-17/h3-15H,2,16H2,1H3/b21-15-. The molecular formula is C24H20BrNO2. The third kappa shape index (κ3) is 3.60. The molecule has 0 aliphatic carbocycles. The summed E-state index contributed by atoms with van der Waals surface area (Å²) in [4.78, 5) is 14.8. The Bertz CT molecular complexity index is 1040. The number of rotatable bonds is 5. The summed E-state index contributed by atoms with van der Waals surface area (Å²) in [6.07, 6.45) is 1.93. The summed E-state index contributed by atoms with van der Waals surface area (Å²) in [5, 5.41) is 0. The van der Waals surface area contributed by atoms with Gasteiger partial charge >= 0.3 is 0 Å². The van der Waals surface area contributed by atoms with Crippen LogP contribution in [0.5, 0.6) is 5.75 Å². The maximum Gasteiger partial charge on any atom is 0.258 e. The van der Waals surface area contributed by atoms with E-state index in [2.05, 4.69) is 15.9 Å². The van der Waals surface area contributed by atoms with Crippen molar-refractivity contribution in [1.29, 1.82) is 0 Å². The molecule has 28 heavy (non-hydrogen) atoms. The Morgan fingerprint density at radius 2 is 1.75 bits per heavy atom. The molecule has 0 saturated carbocycles. The molecule has 0 spiro atoms. The molecule has 1 heterocycles. The van der Waals surface area contributed by atoms with Gasteiger partial charge in [0.1, 0.15) is 12.4 Å². The minimum Gasteiger partial charge on any atom is -0.488 e. The van der Waals surface area contributed by atoms with Crippen LogP contribution in [0.15, 0.2) is 77.3 Å². The van der Waals surface area contributed by atoms with Gasteiger partial charge in [0, 0.05) is 27.7 Å². The topological polar surface area (TPSA) is 29.5 Å². The molecule has 3 nitrogen and oxygen atoms in total. The van der Waals surface area contributed by atoms with Gasteiger partial charge in [0.15, 0.2) is 0 Å². The number of fused-ring (bicyclic) bond motifs is 1. The number of halogens is 1. The molecule has 0 aromatic heterocycles. The van der Waals surface area contributed by atoms with Gasteiger partial charge in [-0.05, 0) is 42.8 Å². The molecule has 0 saturated heterocycles. The van der Waals surface area contributed by atoms with Crippen molar-refractivity contribution in [3.05, 3.63) is 94.0 Å². The van der Waals surface area contributed by atoms with E-state index >= 15 is 0 Å². The predicted molar refractivity (Wildman–Crippen MR) is 117 cm³/mol. The normalized spacial score (nSPS) is 14.4. The van der Waals surface area contributed by atoms with Crippen molar-refractivity contribution in [2.45, 2.75) is 13.5 Å². The lowest BCUT2D eigenvalue weighted by atomic mass is 10.0. The van der Waals surface area contributed by atoms with Crippen molar-refractivity contribution in [3.63, 3.8) is 0 Å². The van der Waals surface area contributed by atoms with Gasteiger partial charge < -0.3 is 9.64 Å². The first kappa shape index (κ1) is 18.5. The van der Waals surface area contributed by atoms with Gasteiger partial charge in [0.2, 0.25) is 0 Å². The molecule has 0 N–H and O–H groups in total. The van der Waals surface area contributed by atoms with E-state index in [-0.39, 0.29) is 5.91 Å². The number of para-hydroxylation sites is 1. The van der Waals surface area contributed by atoms with Gasteiger partial charge in [0.25, 0.3) is 5.91 Å². The van der Waals surface area contributed by atoms with E-state index in [4.69, 9.17) is 4.74 Å². The quantitative estimate of drug-likeness (QED) is 0.466. The number of hydrogen-bond acceptors (Lipinski definition) is 2. The van der Waals surface area contributed by atoms with Crippen molar-refractivity contribution in [2.24, 2.45) is 0 Å². The summed E-state index contributed by atoms with van der Waals surface area (Å²) in [5.41, 5.74) is 4.59. The van der Waals surface area contributed by atoms with E-state index in [9.17, 15) is 4.79 Å². The van der Waals surface area contributed by atoms with E-state index in [0.29, 0.717) is 18.7 Å². The van der Waals surface area contributed by atoms with Crippen LogP contribution in [0, 0.1) is 0 Å². The van der Waals surface area contributed by atoms with Crippen molar-refractivity contribution < 1.29 is 9.53 Å². The third-order valence-electron chi connectivity index (χ3n) is 4.79. The SMILES string of the molecule is CCN1C(=O)/C(=C\c2cc(Br)ccc2OCc2ccccc2)c2ccccc21. The summed E-state index contributed by atoms with van der Waals surface area (Å²) in [6.45, 7) is 3.11.